The second kappa shape index (κ2) is 12.3. The molecule has 3 rings (SSSR count). The third kappa shape index (κ3) is 7.22. The normalized spacial score (nSPS) is 12.4. The van der Waals surface area contributed by atoms with Gasteiger partial charge in [0.05, 0.1) is 10.6 Å². The number of hydrogen-bond donors (Lipinski definition) is 1. The molecule has 0 radical (unpaired) electrons. The Kier molecular flexibility index (Phi) is 9.33. The Labute approximate surface area is 226 Å². The van der Waals surface area contributed by atoms with E-state index in [2.05, 4.69) is 5.32 Å². The van der Waals surface area contributed by atoms with Gasteiger partial charge < -0.3 is 10.2 Å². The van der Waals surface area contributed by atoms with Gasteiger partial charge in [-0.25, -0.2) is 8.42 Å². The lowest BCUT2D eigenvalue weighted by Gasteiger charge is -2.35. The van der Waals surface area contributed by atoms with E-state index in [9.17, 15) is 18.0 Å². The molecule has 38 heavy (non-hydrogen) atoms. The molecule has 0 aromatic heterocycles. The maximum absolute atomic E-state index is 14.0. The molecule has 0 unspecified atom stereocenters. The van der Waals surface area contributed by atoms with Gasteiger partial charge in [-0.3, -0.25) is 13.9 Å². The van der Waals surface area contributed by atoms with Crippen molar-refractivity contribution < 1.29 is 18.0 Å². The molecular formula is C30H37N3O4S. The molecule has 0 fully saturated rings. The zero-order valence-corrected chi connectivity index (χ0v) is 23.5. The second-order valence-corrected chi connectivity index (χ2v) is 12.1. The maximum Gasteiger partial charge on any atom is 0.264 e. The van der Waals surface area contributed by atoms with E-state index in [4.69, 9.17) is 0 Å². The van der Waals surface area contributed by atoms with Gasteiger partial charge in [0.1, 0.15) is 12.6 Å². The van der Waals surface area contributed by atoms with Crippen molar-refractivity contribution in [1.29, 1.82) is 0 Å². The highest BCUT2D eigenvalue weighted by atomic mass is 32.2. The van der Waals surface area contributed by atoms with Gasteiger partial charge in [0.15, 0.2) is 0 Å². The number of rotatable bonds is 10. The molecule has 202 valence electrons. The number of anilines is 1. The van der Waals surface area contributed by atoms with Gasteiger partial charge in [-0.1, -0.05) is 67.6 Å². The first kappa shape index (κ1) is 28.9. The Morgan fingerprint density at radius 3 is 1.97 bits per heavy atom. The van der Waals surface area contributed by atoms with Crippen molar-refractivity contribution in [3.05, 3.63) is 96.1 Å². The molecule has 2 amide bonds. The van der Waals surface area contributed by atoms with Crippen LogP contribution in [0.5, 0.6) is 0 Å². The number of para-hydroxylation sites is 1. The average Bonchev–Trinajstić information content (AvgIpc) is 2.88. The van der Waals surface area contributed by atoms with Gasteiger partial charge in [0.25, 0.3) is 10.0 Å². The Morgan fingerprint density at radius 2 is 1.42 bits per heavy atom. The van der Waals surface area contributed by atoms with Gasteiger partial charge in [-0.2, -0.15) is 0 Å². The number of sulfonamides is 1. The van der Waals surface area contributed by atoms with Crippen LogP contribution in [-0.4, -0.2) is 43.3 Å². The van der Waals surface area contributed by atoms with Crippen molar-refractivity contribution in [1.82, 2.24) is 10.2 Å². The molecule has 0 saturated heterocycles. The number of aryl methyl sites for hydroxylation is 1. The highest BCUT2D eigenvalue weighted by Gasteiger charge is 2.34. The van der Waals surface area contributed by atoms with Crippen molar-refractivity contribution in [2.75, 3.05) is 10.8 Å². The van der Waals surface area contributed by atoms with Crippen LogP contribution in [0.4, 0.5) is 5.69 Å². The quantitative estimate of drug-likeness (QED) is 0.400. The summed E-state index contributed by atoms with van der Waals surface area (Å²) in [5, 5.41) is 2.98. The summed E-state index contributed by atoms with van der Waals surface area (Å²) in [7, 11) is -4.06. The predicted octanol–water partition coefficient (Wildman–Crippen LogP) is 4.91. The minimum atomic E-state index is -4.06. The van der Waals surface area contributed by atoms with Crippen molar-refractivity contribution in [2.45, 2.75) is 64.1 Å². The summed E-state index contributed by atoms with van der Waals surface area (Å²) in [6.07, 6.45) is 0.371. The Hall–Kier alpha value is -3.65. The first-order valence-electron chi connectivity index (χ1n) is 12.7. The maximum atomic E-state index is 14.0. The number of nitrogens with zero attached hydrogens (tertiary/aromatic N) is 2. The Morgan fingerprint density at radius 1 is 0.868 bits per heavy atom. The molecule has 1 atom stereocenters. The number of nitrogens with one attached hydrogen (secondary N) is 1. The third-order valence-electron chi connectivity index (χ3n) is 6.14. The van der Waals surface area contributed by atoms with Crippen LogP contribution in [0.2, 0.25) is 0 Å². The lowest BCUT2D eigenvalue weighted by Crippen LogP contribution is -2.55. The number of hydrogen-bond acceptors (Lipinski definition) is 4. The van der Waals surface area contributed by atoms with E-state index < -0.39 is 34.1 Å². The van der Waals surface area contributed by atoms with Gasteiger partial charge in [-0.05, 0) is 69.5 Å². The average molecular weight is 536 g/mol. The first-order chi connectivity index (χ1) is 17.9. The zero-order valence-electron chi connectivity index (χ0n) is 22.7. The predicted molar refractivity (Wildman–Crippen MR) is 151 cm³/mol. The van der Waals surface area contributed by atoms with E-state index in [1.165, 1.54) is 17.0 Å². The minimum Gasteiger partial charge on any atom is -0.350 e. The van der Waals surface area contributed by atoms with E-state index >= 15 is 0 Å². The topological polar surface area (TPSA) is 86.8 Å². The van der Waals surface area contributed by atoms with Crippen LogP contribution in [0.3, 0.4) is 0 Å². The first-order valence-corrected chi connectivity index (χ1v) is 14.2. The molecule has 3 aromatic carbocycles. The molecule has 3 aromatic rings. The van der Waals surface area contributed by atoms with Gasteiger partial charge in [0.2, 0.25) is 11.8 Å². The SMILES string of the molecule is CC[C@@H](C(=O)NC(C)(C)C)N(Cc1ccccc1C)C(=O)CN(c1ccccc1)S(=O)(=O)c1ccccc1. The summed E-state index contributed by atoms with van der Waals surface area (Å²) >= 11 is 0. The summed E-state index contributed by atoms with van der Waals surface area (Å²) in [6.45, 7) is 9.17. The molecule has 7 nitrogen and oxygen atoms in total. The van der Waals surface area contributed by atoms with Crippen LogP contribution in [0.15, 0.2) is 89.8 Å². The molecule has 0 aliphatic carbocycles. The van der Waals surface area contributed by atoms with Crippen molar-refractivity contribution >= 4 is 27.5 Å². The molecule has 1 N–H and O–H groups in total. The molecule has 0 heterocycles. The van der Waals surface area contributed by atoms with Gasteiger partial charge in [-0.15, -0.1) is 0 Å². The molecule has 0 aliphatic heterocycles. The Bertz CT molecular complexity index is 1340. The standard InChI is InChI=1S/C30H37N3O4S/c1-6-27(29(35)31-30(3,4)5)32(21-24-16-14-13-15-23(24)2)28(34)22-33(25-17-9-7-10-18-25)38(36,37)26-19-11-8-12-20-26/h7-20,27H,6,21-22H2,1-5H3,(H,31,35)/t27-/m0/s1. The number of carbonyl (C=O) groups is 2. The molecular weight excluding hydrogens is 498 g/mol. The zero-order chi connectivity index (χ0) is 27.9. The van der Waals surface area contributed by atoms with Crippen LogP contribution in [0.25, 0.3) is 0 Å². The Balaban J connectivity index is 2.05. The van der Waals surface area contributed by atoms with Crippen LogP contribution in [-0.2, 0) is 26.2 Å². The van der Waals surface area contributed by atoms with Crippen LogP contribution in [0, 0.1) is 6.92 Å². The van der Waals surface area contributed by atoms with E-state index in [1.807, 2.05) is 58.9 Å². The number of amides is 2. The fourth-order valence-electron chi connectivity index (χ4n) is 4.19. The highest BCUT2D eigenvalue weighted by Crippen LogP contribution is 2.25. The van der Waals surface area contributed by atoms with Crippen LogP contribution in [0.1, 0.15) is 45.2 Å². The van der Waals surface area contributed by atoms with Crippen molar-refractivity contribution in [2.24, 2.45) is 0 Å². The van der Waals surface area contributed by atoms with Crippen molar-refractivity contribution in [3.8, 4) is 0 Å². The number of carbonyl (C=O) groups excluding carboxylic acids is 2. The minimum absolute atomic E-state index is 0.0830. The van der Waals surface area contributed by atoms with E-state index in [-0.39, 0.29) is 17.3 Å². The summed E-state index contributed by atoms with van der Waals surface area (Å²) < 4.78 is 28.6. The van der Waals surface area contributed by atoms with Gasteiger partial charge >= 0.3 is 0 Å². The summed E-state index contributed by atoms with van der Waals surface area (Å²) in [5.41, 5.74) is 1.75. The van der Waals surface area contributed by atoms with Crippen molar-refractivity contribution in [3.63, 3.8) is 0 Å². The fourth-order valence-corrected chi connectivity index (χ4v) is 5.62. The largest absolute Gasteiger partial charge is 0.350 e. The summed E-state index contributed by atoms with van der Waals surface area (Å²) in [4.78, 5) is 29.0. The molecule has 0 saturated carbocycles. The lowest BCUT2D eigenvalue weighted by molar-refractivity contribution is -0.141. The molecule has 0 bridgehead atoms. The molecule has 0 aliphatic rings. The second-order valence-electron chi connectivity index (χ2n) is 10.3. The molecule has 0 spiro atoms. The van der Waals surface area contributed by atoms with E-state index in [0.29, 0.717) is 12.1 Å². The number of benzene rings is 3. The third-order valence-corrected chi connectivity index (χ3v) is 7.93. The summed E-state index contributed by atoms with van der Waals surface area (Å²) in [5.74, 6) is -0.744. The molecule has 8 heteroatoms. The highest BCUT2D eigenvalue weighted by molar-refractivity contribution is 7.92. The fraction of sp³-hybridized carbons (Fsp3) is 0.333. The monoisotopic (exact) mass is 535 g/mol. The lowest BCUT2D eigenvalue weighted by atomic mass is 10.0. The van der Waals surface area contributed by atoms with Gasteiger partial charge in [0, 0.05) is 12.1 Å². The van der Waals surface area contributed by atoms with Crippen LogP contribution >= 0.6 is 0 Å². The summed E-state index contributed by atoms with van der Waals surface area (Å²) in [6, 6.07) is 23.5. The van der Waals surface area contributed by atoms with Crippen LogP contribution < -0.4 is 9.62 Å². The smallest absolute Gasteiger partial charge is 0.264 e. The van der Waals surface area contributed by atoms with E-state index in [0.717, 1.165) is 15.4 Å². The van der Waals surface area contributed by atoms with E-state index in [1.54, 1.807) is 48.5 Å².